The van der Waals surface area contributed by atoms with E-state index in [0.717, 1.165) is 5.56 Å². The molecule has 1 unspecified atom stereocenters. The second kappa shape index (κ2) is 7.23. The van der Waals surface area contributed by atoms with Gasteiger partial charge in [0, 0.05) is 18.5 Å². The van der Waals surface area contributed by atoms with Crippen molar-refractivity contribution in [2.24, 2.45) is 5.73 Å². The SMILES string of the molecule is CC(C)(C)OC(=O)CCC(C(N)=O)N1Cc2cc(CO)ccc2C1=O. The van der Waals surface area contributed by atoms with Gasteiger partial charge in [0.1, 0.15) is 11.6 Å². The minimum Gasteiger partial charge on any atom is -0.460 e. The molecule has 0 spiro atoms. The number of aliphatic hydroxyl groups is 1. The standard InChI is InChI=1S/C18H24N2O5/c1-18(2,3)25-15(22)7-6-14(16(19)23)20-9-12-8-11(10-21)4-5-13(12)17(20)24/h4-5,8,14,21H,6-7,9-10H2,1-3H3,(H2,19,23). The molecule has 136 valence electrons. The van der Waals surface area contributed by atoms with Crippen LogP contribution in [0.1, 0.15) is 55.1 Å². The Morgan fingerprint density at radius 1 is 1.36 bits per heavy atom. The largest absolute Gasteiger partial charge is 0.460 e. The van der Waals surface area contributed by atoms with Gasteiger partial charge in [-0.3, -0.25) is 14.4 Å². The first kappa shape index (κ1) is 18.9. The lowest BCUT2D eigenvalue weighted by Gasteiger charge is -2.25. The van der Waals surface area contributed by atoms with E-state index in [1.54, 1.807) is 39.0 Å². The van der Waals surface area contributed by atoms with Gasteiger partial charge >= 0.3 is 5.97 Å². The molecule has 1 aliphatic heterocycles. The van der Waals surface area contributed by atoms with E-state index >= 15 is 0 Å². The van der Waals surface area contributed by atoms with Crippen molar-refractivity contribution in [3.8, 4) is 0 Å². The fourth-order valence-electron chi connectivity index (χ4n) is 2.85. The zero-order valence-corrected chi connectivity index (χ0v) is 14.7. The van der Waals surface area contributed by atoms with Crippen LogP contribution in [0.2, 0.25) is 0 Å². The van der Waals surface area contributed by atoms with Gasteiger partial charge in [-0.25, -0.2) is 0 Å². The Bertz CT molecular complexity index is 693. The number of amides is 2. The molecule has 1 heterocycles. The number of ether oxygens (including phenoxy) is 1. The number of rotatable bonds is 6. The first-order valence-corrected chi connectivity index (χ1v) is 8.17. The molecule has 0 aromatic heterocycles. The molecule has 3 N–H and O–H groups in total. The number of benzene rings is 1. The fourth-order valence-corrected chi connectivity index (χ4v) is 2.85. The lowest BCUT2D eigenvalue weighted by atomic mass is 10.1. The predicted molar refractivity (Wildman–Crippen MR) is 90.3 cm³/mol. The average molecular weight is 348 g/mol. The Balaban J connectivity index is 2.10. The lowest BCUT2D eigenvalue weighted by molar-refractivity contribution is -0.155. The van der Waals surface area contributed by atoms with E-state index in [0.29, 0.717) is 11.1 Å². The van der Waals surface area contributed by atoms with E-state index < -0.39 is 23.5 Å². The summed E-state index contributed by atoms with van der Waals surface area (Å²) in [6.07, 6.45) is 0.101. The van der Waals surface area contributed by atoms with E-state index in [1.165, 1.54) is 4.90 Å². The van der Waals surface area contributed by atoms with Crippen LogP contribution in [0.25, 0.3) is 0 Å². The maximum Gasteiger partial charge on any atom is 0.306 e. The molecule has 7 heteroatoms. The fraction of sp³-hybridized carbons (Fsp3) is 0.500. The summed E-state index contributed by atoms with van der Waals surface area (Å²) in [5, 5.41) is 9.21. The zero-order chi connectivity index (χ0) is 18.8. The maximum absolute atomic E-state index is 12.6. The number of nitrogens with two attached hydrogens (primary N) is 1. The summed E-state index contributed by atoms with van der Waals surface area (Å²) in [4.78, 5) is 37.6. The van der Waals surface area contributed by atoms with Crippen LogP contribution in [0.3, 0.4) is 0 Å². The van der Waals surface area contributed by atoms with E-state index in [-0.39, 0.29) is 31.9 Å². The molecule has 1 aliphatic rings. The highest BCUT2D eigenvalue weighted by atomic mass is 16.6. The van der Waals surface area contributed by atoms with Gasteiger partial charge < -0.3 is 20.5 Å². The molecule has 0 radical (unpaired) electrons. The van der Waals surface area contributed by atoms with Gasteiger partial charge in [0.15, 0.2) is 0 Å². The minimum atomic E-state index is -0.884. The van der Waals surface area contributed by atoms with Crippen molar-refractivity contribution in [2.45, 2.75) is 58.4 Å². The third kappa shape index (κ3) is 4.57. The van der Waals surface area contributed by atoms with Crippen LogP contribution in [-0.2, 0) is 27.5 Å². The van der Waals surface area contributed by atoms with E-state index in [2.05, 4.69) is 0 Å². The van der Waals surface area contributed by atoms with Gasteiger partial charge in [-0.05, 0) is 44.4 Å². The number of primary amides is 1. The second-order valence-corrected chi connectivity index (χ2v) is 7.13. The number of hydrogen-bond donors (Lipinski definition) is 2. The summed E-state index contributed by atoms with van der Waals surface area (Å²) in [6, 6.07) is 4.15. The number of aliphatic hydroxyl groups excluding tert-OH is 1. The predicted octanol–water partition coefficient (Wildman–Crippen LogP) is 1.11. The quantitative estimate of drug-likeness (QED) is 0.748. The molecule has 1 aromatic rings. The van der Waals surface area contributed by atoms with Crippen molar-refractivity contribution in [2.75, 3.05) is 0 Å². The summed E-state index contributed by atoms with van der Waals surface area (Å²) in [7, 11) is 0. The molecule has 7 nitrogen and oxygen atoms in total. The number of fused-ring (bicyclic) bond motifs is 1. The lowest BCUT2D eigenvalue weighted by Crippen LogP contribution is -2.45. The maximum atomic E-state index is 12.6. The Kier molecular flexibility index (Phi) is 5.47. The number of carbonyl (C=O) groups is 3. The molecular weight excluding hydrogens is 324 g/mol. The molecule has 0 bridgehead atoms. The van der Waals surface area contributed by atoms with Crippen LogP contribution in [0.4, 0.5) is 0 Å². The smallest absolute Gasteiger partial charge is 0.306 e. The normalized spacial score (nSPS) is 15.0. The molecule has 1 atom stereocenters. The first-order chi connectivity index (χ1) is 11.6. The second-order valence-electron chi connectivity index (χ2n) is 7.13. The summed E-state index contributed by atoms with van der Waals surface area (Å²) in [5.41, 5.74) is 6.76. The average Bonchev–Trinajstić information content (AvgIpc) is 2.81. The molecule has 25 heavy (non-hydrogen) atoms. The zero-order valence-electron chi connectivity index (χ0n) is 14.7. The van der Waals surface area contributed by atoms with Crippen LogP contribution in [0.5, 0.6) is 0 Å². The van der Waals surface area contributed by atoms with Gasteiger partial charge in [-0.15, -0.1) is 0 Å². The molecule has 2 amide bonds. The molecule has 0 saturated heterocycles. The number of nitrogens with zero attached hydrogens (tertiary/aromatic N) is 1. The topological polar surface area (TPSA) is 110 Å². The van der Waals surface area contributed by atoms with Crippen LogP contribution in [0, 0.1) is 0 Å². The summed E-state index contributed by atoms with van der Waals surface area (Å²) in [5.74, 6) is -1.40. The van der Waals surface area contributed by atoms with Crippen molar-refractivity contribution >= 4 is 17.8 Å². The number of carbonyl (C=O) groups excluding carboxylic acids is 3. The van der Waals surface area contributed by atoms with Gasteiger partial charge in [-0.1, -0.05) is 12.1 Å². The molecule has 0 aliphatic carbocycles. The third-order valence-electron chi connectivity index (χ3n) is 3.93. The third-order valence-corrected chi connectivity index (χ3v) is 3.93. The van der Waals surface area contributed by atoms with Crippen LogP contribution in [-0.4, -0.2) is 39.4 Å². The van der Waals surface area contributed by atoms with Gasteiger partial charge in [0.2, 0.25) is 5.91 Å². The minimum absolute atomic E-state index is 0.00705. The number of hydrogen-bond acceptors (Lipinski definition) is 5. The molecule has 0 saturated carbocycles. The van der Waals surface area contributed by atoms with Crippen molar-refractivity contribution < 1.29 is 24.2 Å². The molecule has 0 fully saturated rings. The van der Waals surface area contributed by atoms with Crippen molar-refractivity contribution in [3.05, 3.63) is 34.9 Å². The highest BCUT2D eigenvalue weighted by Gasteiger charge is 2.35. The molecule has 1 aromatic carbocycles. The first-order valence-electron chi connectivity index (χ1n) is 8.17. The number of esters is 1. The van der Waals surface area contributed by atoms with Gasteiger partial charge in [0.05, 0.1) is 6.61 Å². The van der Waals surface area contributed by atoms with Crippen LogP contribution >= 0.6 is 0 Å². The Morgan fingerprint density at radius 3 is 2.60 bits per heavy atom. The Labute approximate surface area is 146 Å². The summed E-state index contributed by atoms with van der Waals surface area (Å²) < 4.78 is 5.23. The summed E-state index contributed by atoms with van der Waals surface area (Å²) in [6.45, 7) is 5.38. The van der Waals surface area contributed by atoms with E-state index in [1.807, 2.05) is 0 Å². The van der Waals surface area contributed by atoms with Crippen molar-refractivity contribution in [1.29, 1.82) is 0 Å². The van der Waals surface area contributed by atoms with E-state index in [4.69, 9.17) is 10.5 Å². The Morgan fingerprint density at radius 2 is 2.04 bits per heavy atom. The van der Waals surface area contributed by atoms with Crippen molar-refractivity contribution in [1.82, 2.24) is 4.90 Å². The van der Waals surface area contributed by atoms with Gasteiger partial charge in [-0.2, -0.15) is 0 Å². The monoisotopic (exact) mass is 348 g/mol. The van der Waals surface area contributed by atoms with Crippen molar-refractivity contribution in [3.63, 3.8) is 0 Å². The van der Waals surface area contributed by atoms with E-state index in [9.17, 15) is 19.5 Å². The van der Waals surface area contributed by atoms with Gasteiger partial charge in [0.25, 0.3) is 5.91 Å². The van der Waals surface area contributed by atoms with Crippen LogP contribution in [0.15, 0.2) is 18.2 Å². The summed E-state index contributed by atoms with van der Waals surface area (Å²) >= 11 is 0. The highest BCUT2D eigenvalue weighted by Crippen LogP contribution is 2.27. The molecule has 2 rings (SSSR count). The molecular formula is C18H24N2O5. The Hall–Kier alpha value is -2.41. The highest BCUT2D eigenvalue weighted by molar-refractivity contribution is 6.01. The van der Waals surface area contributed by atoms with Crippen LogP contribution < -0.4 is 5.73 Å².